The van der Waals surface area contributed by atoms with Crippen LogP contribution >= 0.6 is 0 Å². The summed E-state index contributed by atoms with van der Waals surface area (Å²) in [5, 5.41) is 2.76. The van der Waals surface area contributed by atoms with E-state index < -0.39 is 9.84 Å². The van der Waals surface area contributed by atoms with Gasteiger partial charge in [-0.25, -0.2) is 8.42 Å². The van der Waals surface area contributed by atoms with E-state index >= 15 is 0 Å². The van der Waals surface area contributed by atoms with Crippen molar-refractivity contribution >= 4 is 21.4 Å². The van der Waals surface area contributed by atoms with Crippen molar-refractivity contribution in [3.8, 4) is 5.69 Å². The van der Waals surface area contributed by atoms with Gasteiger partial charge in [0.15, 0.2) is 9.84 Å². The number of nitrogens with zero attached hydrogens (tertiary/aromatic N) is 1. The van der Waals surface area contributed by atoms with Gasteiger partial charge in [-0.2, -0.15) is 0 Å². The lowest BCUT2D eigenvalue weighted by Crippen LogP contribution is -2.17. The summed E-state index contributed by atoms with van der Waals surface area (Å²) in [5.41, 5.74) is 4.92. The second kappa shape index (κ2) is 8.02. The minimum atomic E-state index is -3.47. The molecule has 0 saturated heterocycles. The van der Waals surface area contributed by atoms with Crippen LogP contribution in [0.5, 0.6) is 0 Å². The van der Waals surface area contributed by atoms with Crippen molar-refractivity contribution in [2.24, 2.45) is 0 Å². The number of nitrogens with one attached hydrogen (secondary N) is 1. The lowest BCUT2D eigenvalue weighted by atomic mass is 10.2. The number of rotatable bonds is 6. The molecule has 28 heavy (non-hydrogen) atoms. The maximum absolute atomic E-state index is 12.4. The maximum Gasteiger partial charge on any atom is 0.225 e. The highest BCUT2D eigenvalue weighted by Crippen LogP contribution is 2.19. The molecule has 0 aliphatic carbocycles. The first-order chi connectivity index (χ1) is 13.3. The summed E-state index contributed by atoms with van der Waals surface area (Å²) >= 11 is 0. The van der Waals surface area contributed by atoms with E-state index in [0.717, 1.165) is 22.6 Å². The second-order valence-corrected chi connectivity index (χ2v) is 9.04. The summed E-state index contributed by atoms with van der Waals surface area (Å²) in [6, 6.07) is 18.3. The lowest BCUT2D eigenvalue weighted by molar-refractivity contribution is -0.115. The Kier molecular flexibility index (Phi) is 5.70. The van der Waals surface area contributed by atoms with E-state index in [1.54, 1.807) is 24.3 Å². The Morgan fingerprint density at radius 2 is 1.43 bits per heavy atom. The SMILES string of the molecule is Cc1ccc(S(=O)(=O)CCC(=O)Nc2ccc(-n3c(C)ccc3C)cc2)cc1. The molecule has 0 spiro atoms. The molecule has 6 heteroatoms. The van der Waals surface area contributed by atoms with Crippen LogP contribution in [0.2, 0.25) is 0 Å². The highest BCUT2D eigenvalue weighted by molar-refractivity contribution is 7.91. The second-order valence-electron chi connectivity index (χ2n) is 6.93. The van der Waals surface area contributed by atoms with Gasteiger partial charge in [0.2, 0.25) is 5.91 Å². The van der Waals surface area contributed by atoms with Gasteiger partial charge in [0.05, 0.1) is 10.6 Å². The number of benzene rings is 2. The van der Waals surface area contributed by atoms with Gasteiger partial charge in [-0.15, -0.1) is 0 Å². The van der Waals surface area contributed by atoms with Crippen molar-refractivity contribution in [2.45, 2.75) is 32.1 Å². The van der Waals surface area contributed by atoms with Crippen molar-refractivity contribution in [1.82, 2.24) is 4.57 Å². The van der Waals surface area contributed by atoms with Gasteiger partial charge in [0, 0.05) is 29.2 Å². The number of anilines is 1. The van der Waals surface area contributed by atoms with Crippen LogP contribution in [0.3, 0.4) is 0 Å². The number of sulfone groups is 1. The van der Waals surface area contributed by atoms with Crippen molar-refractivity contribution in [1.29, 1.82) is 0 Å². The minimum absolute atomic E-state index is 0.0895. The number of aryl methyl sites for hydroxylation is 3. The molecule has 2 aromatic carbocycles. The van der Waals surface area contributed by atoms with Gasteiger partial charge in [-0.1, -0.05) is 17.7 Å². The largest absolute Gasteiger partial charge is 0.326 e. The summed E-state index contributed by atoms with van der Waals surface area (Å²) in [5.74, 6) is -0.543. The van der Waals surface area contributed by atoms with Gasteiger partial charge >= 0.3 is 0 Å². The van der Waals surface area contributed by atoms with Crippen LogP contribution in [0, 0.1) is 20.8 Å². The third-order valence-electron chi connectivity index (χ3n) is 4.66. The molecule has 1 heterocycles. The summed E-state index contributed by atoms with van der Waals surface area (Å²) in [4.78, 5) is 12.4. The number of carbonyl (C=O) groups excluding carboxylic acids is 1. The van der Waals surface area contributed by atoms with Crippen LogP contribution < -0.4 is 5.32 Å². The number of hydrogen-bond donors (Lipinski definition) is 1. The quantitative estimate of drug-likeness (QED) is 0.679. The molecular weight excluding hydrogens is 372 g/mol. The predicted molar refractivity (Wildman–Crippen MR) is 112 cm³/mol. The van der Waals surface area contributed by atoms with E-state index in [9.17, 15) is 13.2 Å². The van der Waals surface area contributed by atoms with E-state index in [2.05, 4.69) is 22.0 Å². The van der Waals surface area contributed by atoms with Crippen molar-refractivity contribution < 1.29 is 13.2 Å². The molecule has 1 N–H and O–H groups in total. The normalized spacial score (nSPS) is 11.4. The first-order valence-electron chi connectivity index (χ1n) is 9.11. The van der Waals surface area contributed by atoms with E-state index in [1.165, 1.54) is 0 Å². The summed E-state index contributed by atoms with van der Waals surface area (Å²) in [7, 11) is -3.47. The van der Waals surface area contributed by atoms with Gasteiger partial charge < -0.3 is 9.88 Å². The van der Waals surface area contributed by atoms with Gasteiger partial charge in [0.1, 0.15) is 0 Å². The molecule has 0 fully saturated rings. The molecule has 0 saturated carbocycles. The summed E-state index contributed by atoms with van der Waals surface area (Å²) in [6.07, 6.45) is -0.0895. The van der Waals surface area contributed by atoms with Crippen LogP contribution in [-0.4, -0.2) is 24.6 Å². The zero-order chi connectivity index (χ0) is 20.3. The zero-order valence-corrected chi connectivity index (χ0v) is 17.1. The molecule has 0 unspecified atom stereocenters. The molecule has 5 nitrogen and oxygen atoms in total. The van der Waals surface area contributed by atoms with E-state index in [-0.39, 0.29) is 23.0 Å². The Hall–Kier alpha value is -2.86. The topological polar surface area (TPSA) is 68.2 Å². The Morgan fingerprint density at radius 1 is 0.857 bits per heavy atom. The molecule has 0 bridgehead atoms. The summed E-state index contributed by atoms with van der Waals surface area (Å²) in [6.45, 7) is 5.97. The number of amides is 1. The van der Waals surface area contributed by atoms with Gasteiger partial charge in [0.25, 0.3) is 0 Å². The van der Waals surface area contributed by atoms with Crippen molar-refractivity contribution in [3.05, 3.63) is 77.6 Å². The number of hydrogen-bond acceptors (Lipinski definition) is 3. The standard InChI is InChI=1S/C22H24N2O3S/c1-16-4-12-21(13-5-16)28(26,27)15-14-22(25)23-19-8-10-20(11-9-19)24-17(2)6-7-18(24)3/h4-13H,14-15H2,1-3H3,(H,23,25). The molecule has 0 aliphatic rings. The Morgan fingerprint density at radius 3 is 2.00 bits per heavy atom. The summed E-state index contributed by atoms with van der Waals surface area (Å²) < 4.78 is 26.8. The molecule has 0 atom stereocenters. The highest BCUT2D eigenvalue weighted by atomic mass is 32.2. The lowest BCUT2D eigenvalue weighted by Gasteiger charge is -2.11. The third kappa shape index (κ3) is 4.51. The van der Waals surface area contributed by atoms with Crippen molar-refractivity contribution in [2.75, 3.05) is 11.1 Å². The Balaban J connectivity index is 1.61. The monoisotopic (exact) mass is 396 g/mol. The van der Waals surface area contributed by atoms with Crippen molar-refractivity contribution in [3.63, 3.8) is 0 Å². The number of carbonyl (C=O) groups is 1. The molecule has 0 radical (unpaired) electrons. The smallest absolute Gasteiger partial charge is 0.225 e. The first kappa shape index (κ1) is 19.9. The molecule has 0 aliphatic heterocycles. The molecule has 146 valence electrons. The molecule has 3 rings (SSSR count). The third-order valence-corrected chi connectivity index (χ3v) is 6.39. The van der Waals surface area contributed by atoms with E-state index in [0.29, 0.717) is 5.69 Å². The molecular formula is C22H24N2O3S. The van der Waals surface area contributed by atoms with Crippen LogP contribution in [0.4, 0.5) is 5.69 Å². The molecule has 1 aromatic heterocycles. The van der Waals surface area contributed by atoms with E-state index in [4.69, 9.17) is 0 Å². The van der Waals surface area contributed by atoms with Crippen LogP contribution in [0.15, 0.2) is 65.6 Å². The van der Waals surface area contributed by atoms with Crippen LogP contribution in [0.25, 0.3) is 5.69 Å². The van der Waals surface area contributed by atoms with Gasteiger partial charge in [-0.05, 0) is 69.3 Å². The highest BCUT2D eigenvalue weighted by Gasteiger charge is 2.16. The van der Waals surface area contributed by atoms with E-state index in [1.807, 2.05) is 45.0 Å². The van der Waals surface area contributed by atoms with Gasteiger partial charge in [-0.3, -0.25) is 4.79 Å². The zero-order valence-electron chi connectivity index (χ0n) is 16.3. The Labute approximate surface area is 165 Å². The fraction of sp³-hybridized carbons (Fsp3) is 0.227. The Bertz CT molecular complexity index is 1060. The number of aromatic nitrogens is 1. The van der Waals surface area contributed by atoms with Crippen LogP contribution in [0.1, 0.15) is 23.4 Å². The molecule has 1 amide bonds. The van der Waals surface area contributed by atoms with Crippen LogP contribution in [-0.2, 0) is 14.6 Å². The minimum Gasteiger partial charge on any atom is -0.326 e. The molecule has 3 aromatic rings. The first-order valence-corrected chi connectivity index (χ1v) is 10.8. The predicted octanol–water partition coefficient (Wildman–Crippen LogP) is 4.21. The fourth-order valence-corrected chi connectivity index (χ4v) is 4.32. The average Bonchev–Trinajstić information content (AvgIpc) is 3.00. The maximum atomic E-state index is 12.4. The average molecular weight is 397 g/mol. The fourth-order valence-electron chi connectivity index (χ4n) is 3.08.